The zero-order chi connectivity index (χ0) is 22.2. The van der Waals surface area contributed by atoms with Gasteiger partial charge in [0.2, 0.25) is 5.91 Å². The van der Waals surface area contributed by atoms with Gasteiger partial charge < -0.3 is 20.1 Å². The number of para-hydroxylation sites is 1. The molecule has 1 saturated carbocycles. The zero-order valence-electron chi connectivity index (χ0n) is 18.2. The molecule has 32 heavy (non-hydrogen) atoms. The van der Waals surface area contributed by atoms with Crippen LogP contribution in [0.1, 0.15) is 37.2 Å². The van der Waals surface area contributed by atoms with Crippen molar-refractivity contribution in [2.45, 2.75) is 43.7 Å². The minimum absolute atomic E-state index is 0.0451. The Hall–Kier alpha value is -3.06. The molecule has 3 amide bonds. The molecule has 3 aliphatic rings. The summed E-state index contributed by atoms with van der Waals surface area (Å²) in [7, 11) is 1.60. The fraction of sp³-hybridized carbons (Fsp3) is 0.440. The van der Waals surface area contributed by atoms with Crippen LogP contribution in [0.5, 0.6) is 5.75 Å². The number of methoxy groups -OCH3 is 1. The van der Waals surface area contributed by atoms with Crippen LogP contribution in [-0.4, -0.2) is 54.3 Å². The van der Waals surface area contributed by atoms with Crippen molar-refractivity contribution < 1.29 is 19.4 Å². The number of anilines is 2. The number of carbonyl (C=O) groups excluding carboxylic acids is 2. The van der Waals surface area contributed by atoms with Gasteiger partial charge in [-0.1, -0.05) is 31.0 Å². The summed E-state index contributed by atoms with van der Waals surface area (Å²) in [6.07, 6.45) is 4.01. The lowest BCUT2D eigenvalue weighted by Gasteiger charge is -2.59. The smallest absolute Gasteiger partial charge is 0.326 e. The van der Waals surface area contributed by atoms with Gasteiger partial charge in [0.15, 0.2) is 0 Å². The first-order valence-corrected chi connectivity index (χ1v) is 11.4. The Morgan fingerprint density at radius 2 is 1.81 bits per heavy atom. The molecule has 168 valence electrons. The molecule has 0 aromatic heterocycles. The van der Waals surface area contributed by atoms with Crippen LogP contribution in [0.4, 0.5) is 16.2 Å². The van der Waals surface area contributed by atoms with E-state index in [1.807, 2.05) is 29.2 Å². The first kappa shape index (κ1) is 20.8. The molecular weight excluding hydrogens is 406 g/mol. The van der Waals surface area contributed by atoms with Crippen LogP contribution < -0.4 is 15.0 Å². The molecule has 0 radical (unpaired) electrons. The SMILES string of the molecule is COc1ccc(NC(=O)N2C[C@@H]3[C@H](c4ccccc42)[C@H](CO)N3C(=O)C2CCCC2)cc1. The first-order chi connectivity index (χ1) is 15.6. The third-order valence-corrected chi connectivity index (χ3v) is 7.23. The van der Waals surface area contributed by atoms with Crippen LogP contribution >= 0.6 is 0 Å². The highest BCUT2D eigenvalue weighted by atomic mass is 16.5. The molecule has 1 aliphatic carbocycles. The summed E-state index contributed by atoms with van der Waals surface area (Å²) in [5.41, 5.74) is 2.53. The third-order valence-electron chi connectivity index (χ3n) is 7.23. The normalized spacial score (nSPS) is 24.4. The molecule has 0 spiro atoms. The van der Waals surface area contributed by atoms with Crippen molar-refractivity contribution in [2.75, 3.05) is 30.5 Å². The topological polar surface area (TPSA) is 82.1 Å². The minimum Gasteiger partial charge on any atom is -0.497 e. The van der Waals surface area contributed by atoms with Gasteiger partial charge in [0, 0.05) is 29.8 Å². The number of urea groups is 1. The van der Waals surface area contributed by atoms with Crippen LogP contribution in [0, 0.1) is 5.92 Å². The van der Waals surface area contributed by atoms with Crippen molar-refractivity contribution >= 4 is 23.3 Å². The van der Waals surface area contributed by atoms with E-state index in [4.69, 9.17) is 4.74 Å². The summed E-state index contributed by atoms with van der Waals surface area (Å²) in [6, 6.07) is 14.5. The Balaban J connectivity index is 1.42. The van der Waals surface area contributed by atoms with E-state index in [0.29, 0.717) is 12.2 Å². The number of rotatable bonds is 4. The molecule has 2 fully saturated rings. The van der Waals surface area contributed by atoms with E-state index in [1.54, 1.807) is 36.3 Å². The first-order valence-electron chi connectivity index (χ1n) is 11.4. The maximum Gasteiger partial charge on any atom is 0.326 e. The number of nitrogens with one attached hydrogen (secondary N) is 1. The molecule has 0 bridgehead atoms. The molecule has 0 unspecified atom stereocenters. The number of nitrogens with zero attached hydrogens (tertiary/aromatic N) is 2. The van der Waals surface area contributed by atoms with Crippen LogP contribution in [-0.2, 0) is 4.79 Å². The molecule has 7 heteroatoms. The van der Waals surface area contributed by atoms with Gasteiger partial charge in [-0.25, -0.2) is 4.79 Å². The standard InChI is InChI=1S/C25H29N3O4/c1-32-18-12-10-17(11-13-18)26-25(31)27-14-21-23(19-8-4-5-9-20(19)27)22(15-29)28(21)24(30)16-6-2-3-7-16/h4-5,8-13,16,21-23,29H,2-3,6-7,14-15H2,1H3,(H,26,31)/t21-,22+,23+/m1/s1. The number of carbonyl (C=O) groups is 2. The van der Waals surface area contributed by atoms with Gasteiger partial charge in [-0.05, 0) is 48.7 Å². The van der Waals surface area contributed by atoms with E-state index < -0.39 is 0 Å². The fourth-order valence-electron chi connectivity index (χ4n) is 5.63. The second-order valence-corrected chi connectivity index (χ2v) is 8.90. The summed E-state index contributed by atoms with van der Waals surface area (Å²) < 4.78 is 5.19. The number of likely N-dealkylation sites (tertiary alicyclic amines) is 1. The van der Waals surface area contributed by atoms with Gasteiger partial charge in [0.1, 0.15) is 5.75 Å². The van der Waals surface area contributed by atoms with E-state index >= 15 is 0 Å². The van der Waals surface area contributed by atoms with E-state index in [-0.39, 0.29) is 42.5 Å². The highest BCUT2D eigenvalue weighted by Gasteiger charge is 2.56. The largest absolute Gasteiger partial charge is 0.497 e. The monoisotopic (exact) mass is 435 g/mol. The van der Waals surface area contributed by atoms with E-state index in [1.165, 1.54) is 0 Å². The maximum atomic E-state index is 13.3. The lowest BCUT2D eigenvalue weighted by atomic mass is 9.71. The Kier molecular flexibility index (Phi) is 5.51. The lowest BCUT2D eigenvalue weighted by molar-refractivity contribution is -0.154. The van der Waals surface area contributed by atoms with E-state index in [0.717, 1.165) is 42.7 Å². The van der Waals surface area contributed by atoms with Crippen molar-refractivity contribution in [3.63, 3.8) is 0 Å². The van der Waals surface area contributed by atoms with Crippen molar-refractivity contribution in [3.8, 4) is 5.75 Å². The number of hydrogen-bond acceptors (Lipinski definition) is 4. The summed E-state index contributed by atoms with van der Waals surface area (Å²) >= 11 is 0. The third kappa shape index (κ3) is 3.41. The van der Waals surface area contributed by atoms with Crippen molar-refractivity contribution in [1.82, 2.24) is 4.90 Å². The van der Waals surface area contributed by atoms with Gasteiger partial charge in [-0.15, -0.1) is 0 Å². The number of benzene rings is 2. The molecule has 2 aliphatic heterocycles. The van der Waals surface area contributed by atoms with E-state index in [2.05, 4.69) is 5.32 Å². The van der Waals surface area contributed by atoms with Gasteiger partial charge in [0.05, 0.1) is 25.8 Å². The summed E-state index contributed by atoms with van der Waals surface area (Å²) in [5, 5.41) is 13.1. The van der Waals surface area contributed by atoms with E-state index in [9.17, 15) is 14.7 Å². The van der Waals surface area contributed by atoms with Gasteiger partial charge >= 0.3 is 6.03 Å². The fourth-order valence-corrected chi connectivity index (χ4v) is 5.63. The summed E-state index contributed by atoms with van der Waals surface area (Å²) in [6.45, 7) is 0.352. The van der Waals surface area contributed by atoms with Crippen molar-refractivity contribution in [2.24, 2.45) is 5.92 Å². The van der Waals surface area contributed by atoms with Crippen LogP contribution in [0.15, 0.2) is 48.5 Å². The summed E-state index contributed by atoms with van der Waals surface area (Å²) in [5.74, 6) is 0.952. The number of amides is 3. The van der Waals surface area contributed by atoms with Gasteiger partial charge in [-0.2, -0.15) is 0 Å². The number of aliphatic hydroxyl groups excluding tert-OH is 1. The maximum absolute atomic E-state index is 13.3. The number of ether oxygens (including phenoxy) is 1. The molecule has 2 aromatic carbocycles. The Labute approximate surface area is 188 Å². The molecule has 2 aromatic rings. The van der Waals surface area contributed by atoms with Gasteiger partial charge in [0.25, 0.3) is 0 Å². The second kappa shape index (κ2) is 8.47. The predicted molar refractivity (Wildman–Crippen MR) is 122 cm³/mol. The Bertz CT molecular complexity index is 1000. The number of fused-ring (bicyclic) bond motifs is 3. The molecule has 2 N–H and O–H groups in total. The molecule has 3 atom stereocenters. The Morgan fingerprint density at radius 3 is 2.50 bits per heavy atom. The molecule has 5 rings (SSSR count). The second-order valence-electron chi connectivity index (χ2n) is 8.90. The van der Waals surface area contributed by atoms with Gasteiger partial charge in [-0.3, -0.25) is 9.69 Å². The number of aliphatic hydroxyl groups is 1. The average Bonchev–Trinajstić information content (AvgIpc) is 3.35. The highest BCUT2D eigenvalue weighted by Crippen LogP contribution is 2.49. The minimum atomic E-state index is -0.234. The van der Waals surface area contributed by atoms with Crippen molar-refractivity contribution in [1.29, 1.82) is 0 Å². The molecule has 2 heterocycles. The average molecular weight is 436 g/mol. The predicted octanol–water partition coefficient (Wildman–Crippen LogP) is 3.59. The molecule has 1 saturated heterocycles. The number of hydrogen-bond donors (Lipinski definition) is 2. The highest BCUT2D eigenvalue weighted by molar-refractivity contribution is 6.03. The van der Waals surface area contributed by atoms with Crippen molar-refractivity contribution in [3.05, 3.63) is 54.1 Å². The van der Waals surface area contributed by atoms with Crippen LogP contribution in [0.2, 0.25) is 0 Å². The van der Waals surface area contributed by atoms with Crippen LogP contribution in [0.25, 0.3) is 0 Å². The quantitative estimate of drug-likeness (QED) is 0.769. The lowest BCUT2D eigenvalue weighted by Crippen LogP contribution is -2.71. The Morgan fingerprint density at radius 1 is 1.09 bits per heavy atom. The molecular formula is C25H29N3O4. The zero-order valence-corrected chi connectivity index (χ0v) is 18.2. The summed E-state index contributed by atoms with van der Waals surface area (Å²) in [4.78, 5) is 30.1. The van der Waals surface area contributed by atoms with Crippen LogP contribution in [0.3, 0.4) is 0 Å². The molecule has 7 nitrogen and oxygen atoms in total.